The van der Waals surface area contributed by atoms with Crippen molar-refractivity contribution in [1.29, 1.82) is 0 Å². The molecule has 0 aliphatic heterocycles. The Bertz CT molecular complexity index is 569. The van der Waals surface area contributed by atoms with Gasteiger partial charge in [-0.2, -0.15) is 0 Å². The molecule has 0 atom stereocenters. The second-order valence-corrected chi connectivity index (χ2v) is 4.95. The summed E-state index contributed by atoms with van der Waals surface area (Å²) in [6.45, 7) is 2.00. The van der Waals surface area contributed by atoms with Crippen LogP contribution < -0.4 is 0 Å². The Hall–Kier alpha value is -1.74. The summed E-state index contributed by atoms with van der Waals surface area (Å²) in [5.41, 5.74) is 0.108. The Balaban J connectivity index is 2.17. The van der Waals surface area contributed by atoms with Crippen LogP contribution in [0, 0.1) is 12.7 Å². The largest absolute Gasteiger partial charge is 0.289 e. The second-order valence-electron chi connectivity index (χ2n) is 3.63. The Kier molecular flexibility index (Phi) is 3.49. The van der Waals surface area contributed by atoms with Gasteiger partial charge in [0.15, 0.2) is 5.78 Å². The van der Waals surface area contributed by atoms with Crippen molar-refractivity contribution in [3.8, 4) is 0 Å². The third kappa shape index (κ3) is 2.88. The second kappa shape index (κ2) is 5.06. The lowest BCUT2D eigenvalue weighted by Gasteiger charge is -1.96. The lowest BCUT2D eigenvalue weighted by molar-refractivity contribution is 0.104. The van der Waals surface area contributed by atoms with E-state index in [9.17, 15) is 9.18 Å². The maximum absolute atomic E-state index is 13.3. The van der Waals surface area contributed by atoms with Gasteiger partial charge in [0.25, 0.3) is 0 Å². The van der Waals surface area contributed by atoms with Crippen molar-refractivity contribution < 1.29 is 9.18 Å². The molecule has 1 heterocycles. The summed E-state index contributed by atoms with van der Waals surface area (Å²) in [6.07, 6.45) is 3.12. The third-order valence-electron chi connectivity index (χ3n) is 2.30. The summed E-state index contributed by atoms with van der Waals surface area (Å²) >= 11 is 1.60. The average Bonchev–Trinajstić information content (AvgIpc) is 2.73. The van der Waals surface area contributed by atoms with Gasteiger partial charge >= 0.3 is 0 Å². The summed E-state index contributed by atoms with van der Waals surface area (Å²) in [4.78, 5) is 13.9. The molecule has 0 fully saturated rings. The van der Waals surface area contributed by atoms with Crippen LogP contribution in [0.25, 0.3) is 6.08 Å². The fourth-order valence-corrected chi connectivity index (χ4v) is 2.23. The number of benzene rings is 1. The molecule has 1 nitrogen and oxygen atoms in total. The zero-order chi connectivity index (χ0) is 12.3. The van der Waals surface area contributed by atoms with Crippen molar-refractivity contribution in [2.75, 3.05) is 0 Å². The molecule has 17 heavy (non-hydrogen) atoms. The van der Waals surface area contributed by atoms with Gasteiger partial charge in [0.2, 0.25) is 0 Å². The van der Waals surface area contributed by atoms with Crippen LogP contribution in [0.2, 0.25) is 0 Å². The maximum atomic E-state index is 13.3. The van der Waals surface area contributed by atoms with Gasteiger partial charge < -0.3 is 0 Å². The topological polar surface area (TPSA) is 17.1 Å². The van der Waals surface area contributed by atoms with E-state index in [2.05, 4.69) is 0 Å². The van der Waals surface area contributed by atoms with E-state index in [-0.39, 0.29) is 11.3 Å². The van der Waals surface area contributed by atoms with Crippen molar-refractivity contribution >= 4 is 23.2 Å². The zero-order valence-electron chi connectivity index (χ0n) is 9.31. The first-order valence-electron chi connectivity index (χ1n) is 5.20. The van der Waals surface area contributed by atoms with E-state index in [1.165, 1.54) is 23.1 Å². The minimum absolute atomic E-state index is 0.108. The first-order valence-corrected chi connectivity index (χ1v) is 6.02. The Morgan fingerprint density at radius 1 is 1.24 bits per heavy atom. The molecular weight excluding hydrogens is 235 g/mol. The predicted octanol–water partition coefficient (Wildman–Crippen LogP) is 4.09. The van der Waals surface area contributed by atoms with Gasteiger partial charge in [-0.3, -0.25) is 4.79 Å². The highest BCUT2D eigenvalue weighted by Gasteiger charge is 2.07. The van der Waals surface area contributed by atoms with Gasteiger partial charge in [0, 0.05) is 9.75 Å². The Morgan fingerprint density at radius 3 is 2.65 bits per heavy atom. The number of hydrogen-bond acceptors (Lipinski definition) is 2. The third-order valence-corrected chi connectivity index (χ3v) is 3.27. The molecule has 0 radical (unpaired) electrons. The number of halogens is 1. The standard InChI is InChI=1S/C14H11FOS/c1-10-6-7-11(17-10)8-9-14(16)12-4-2-3-5-13(12)15/h2-9H,1H3/b9-8+. The molecule has 1 aromatic heterocycles. The SMILES string of the molecule is Cc1ccc(/C=C/C(=O)c2ccccc2F)s1. The zero-order valence-corrected chi connectivity index (χ0v) is 10.1. The summed E-state index contributed by atoms with van der Waals surface area (Å²) in [7, 11) is 0. The molecule has 0 aliphatic carbocycles. The smallest absolute Gasteiger partial charge is 0.188 e. The molecule has 0 saturated heterocycles. The van der Waals surface area contributed by atoms with Gasteiger partial charge in [-0.1, -0.05) is 12.1 Å². The molecule has 0 bridgehead atoms. The van der Waals surface area contributed by atoms with Gasteiger partial charge in [-0.15, -0.1) is 11.3 Å². The molecule has 3 heteroatoms. The van der Waals surface area contributed by atoms with Crippen molar-refractivity contribution in [3.05, 3.63) is 63.6 Å². The molecule has 0 amide bonds. The van der Waals surface area contributed by atoms with Crippen molar-refractivity contribution in [3.63, 3.8) is 0 Å². The van der Waals surface area contributed by atoms with Gasteiger partial charge in [-0.05, 0) is 43.3 Å². The lowest BCUT2D eigenvalue weighted by atomic mass is 10.1. The van der Waals surface area contributed by atoms with E-state index in [1.54, 1.807) is 29.5 Å². The molecular formula is C14H11FOS. The lowest BCUT2D eigenvalue weighted by Crippen LogP contribution is -1.97. The van der Waals surface area contributed by atoms with Crippen LogP contribution in [0.1, 0.15) is 20.1 Å². The van der Waals surface area contributed by atoms with Crippen molar-refractivity contribution in [2.24, 2.45) is 0 Å². The van der Waals surface area contributed by atoms with Crippen molar-refractivity contribution in [1.82, 2.24) is 0 Å². The molecule has 0 unspecified atom stereocenters. The van der Waals surface area contributed by atoms with Gasteiger partial charge in [0.05, 0.1) is 5.56 Å². The number of ketones is 1. The molecule has 86 valence electrons. The molecule has 0 saturated carbocycles. The highest BCUT2D eigenvalue weighted by Crippen LogP contribution is 2.17. The maximum Gasteiger partial charge on any atom is 0.188 e. The van der Waals surface area contributed by atoms with E-state index in [1.807, 2.05) is 19.1 Å². The van der Waals surface area contributed by atoms with Gasteiger partial charge in [-0.25, -0.2) is 4.39 Å². The predicted molar refractivity (Wildman–Crippen MR) is 68.8 cm³/mol. The normalized spacial score (nSPS) is 10.9. The number of hydrogen-bond donors (Lipinski definition) is 0. The quantitative estimate of drug-likeness (QED) is 0.589. The number of allylic oxidation sites excluding steroid dienone is 1. The average molecular weight is 246 g/mol. The van der Waals surface area contributed by atoms with E-state index < -0.39 is 5.82 Å². The molecule has 0 aliphatic rings. The van der Waals surface area contributed by atoms with Crippen LogP contribution in [0.15, 0.2) is 42.5 Å². The van der Waals surface area contributed by atoms with E-state index >= 15 is 0 Å². The van der Waals surface area contributed by atoms with Crippen LogP contribution in [-0.4, -0.2) is 5.78 Å². The highest BCUT2D eigenvalue weighted by molar-refractivity contribution is 7.12. The fourth-order valence-electron chi connectivity index (χ4n) is 1.45. The van der Waals surface area contributed by atoms with Gasteiger partial charge in [0.1, 0.15) is 5.82 Å². The molecule has 0 spiro atoms. The summed E-state index contributed by atoms with van der Waals surface area (Å²) < 4.78 is 13.3. The van der Waals surface area contributed by atoms with E-state index in [0.717, 1.165) is 4.88 Å². The number of rotatable bonds is 3. The Labute approximate surface area is 103 Å². The minimum atomic E-state index is -0.482. The minimum Gasteiger partial charge on any atom is -0.289 e. The monoisotopic (exact) mass is 246 g/mol. The van der Waals surface area contributed by atoms with Crippen LogP contribution >= 0.6 is 11.3 Å². The molecule has 2 aromatic rings. The Morgan fingerprint density at radius 2 is 2.00 bits per heavy atom. The molecule has 2 rings (SSSR count). The summed E-state index contributed by atoms with van der Waals surface area (Å²) in [5.74, 6) is -0.793. The van der Waals surface area contributed by atoms with Crippen LogP contribution in [0.4, 0.5) is 4.39 Å². The first kappa shape index (κ1) is 11.7. The number of carbonyl (C=O) groups is 1. The van der Waals surface area contributed by atoms with Crippen molar-refractivity contribution in [2.45, 2.75) is 6.92 Å². The summed E-state index contributed by atoms with van der Waals surface area (Å²) in [5, 5.41) is 0. The first-order chi connectivity index (χ1) is 8.16. The fraction of sp³-hybridized carbons (Fsp3) is 0.0714. The van der Waals surface area contributed by atoms with E-state index in [0.29, 0.717) is 0 Å². The molecule has 0 N–H and O–H groups in total. The summed E-state index contributed by atoms with van der Waals surface area (Å²) in [6, 6.07) is 9.92. The van der Waals surface area contributed by atoms with Crippen LogP contribution in [-0.2, 0) is 0 Å². The van der Waals surface area contributed by atoms with Crippen LogP contribution in [0.5, 0.6) is 0 Å². The number of thiophene rings is 1. The highest BCUT2D eigenvalue weighted by atomic mass is 32.1. The number of aryl methyl sites for hydroxylation is 1. The van der Waals surface area contributed by atoms with E-state index in [4.69, 9.17) is 0 Å². The molecule has 1 aromatic carbocycles. The number of carbonyl (C=O) groups excluding carboxylic acids is 1. The van der Waals surface area contributed by atoms with Crippen LogP contribution in [0.3, 0.4) is 0 Å².